The summed E-state index contributed by atoms with van der Waals surface area (Å²) in [5.41, 5.74) is 1.69. The molecule has 10 heteroatoms. The molecule has 2 aliphatic rings. The largest absolute Gasteiger partial charge is 0.392 e. The van der Waals surface area contributed by atoms with Gasteiger partial charge in [-0.2, -0.15) is 0 Å². The van der Waals surface area contributed by atoms with Crippen molar-refractivity contribution in [2.24, 2.45) is 0 Å². The Morgan fingerprint density at radius 3 is 2.38 bits per heavy atom. The monoisotopic (exact) mass is 515 g/mol. The van der Waals surface area contributed by atoms with Gasteiger partial charge in [-0.15, -0.1) is 0 Å². The normalized spacial score (nSPS) is 22.9. The third-order valence-corrected chi connectivity index (χ3v) is 7.09. The second kappa shape index (κ2) is 10.8. The Balaban J connectivity index is 1.71. The minimum Gasteiger partial charge on any atom is -0.392 e. The number of nitrogens with zero attached hydrogens (tertiary/aromatic N) is 3. The highest BCUT2D eigenvalue weighted by Gasteiger charge is 2.41. The molecule has 8 nitrogen and oxygen atoms in total. The van der Waals surface area contributed by atoms with Crippen LogP contribution in [0.2, 0.25) is 0 Å². The quantitative estimate of drug-likeness (QED) is 0.545. The number of nitrogens with one attached hydrogen (secondary N) is 2. The molecule has 2 aromatic rings. The van der Waals surface area contributed by atoms with E-state index >= 15 is 0 Å². The number of carbonyl (C=O) groups is 2. The van der Waals surface area contributed by atoms with Crippen LogP contribution in [0.15, 0.2) is 42.9 Å². The van der Waals surface area contributed by atoms with E-state index in [0.29, 0.717) is 5.69 Å². The fraction of sp³-hybridized carbons (Fsp3) is 0.556. The highest BCUT2D eigenvalue weighted by atomic mass is 19.3. The van der Waals surface area contributed by atoms with Gasteiger partial charge in [-0.05, 0) is 42.4 Å². The molecule has 37 heavy (non-hydrogen) atoms. The van der Waals surface area contributed by atoms with Crippen LogP contribution in [0, 0.1) is 0 Å². The molecule has 0 spiro atoms. The summed E-state index contributed by atoms with van der Waals surface area (Å²) in [7, 11) is 0. The van der Waals surface area contributed by atoms with E-state index in [2.05, 4.69) is 41.4 Å². The summed E-state index contributed by atoms with van der Waals surface area (Å²) >= 11 is 0. The van der Waals surface area contributed by atoms with Crippen molar-refractivity contribution in [2.45, 2.75) is 88.4 Å². The first-order valence-corrected chi connectivity index (χ1v) is 12.7. The Kier molecular flexibility index (Phi) is 7.89. The Morgan fingerprint density at radius 2 is 1.84 bits per heavy atom. The smallest absolute Gasteiger partial charge is 0.249 e. The second-order valence-corrected chi connectivity index (χ2v) is 11.0. The Bertz CT molecular complexity index is 1080. The van der Waals surface area contributed by atoms with Gasteiger partial charge in [0.1, 0.15) is 0 Å². The summed E-state index contributed by atoms with van der Waals surface area (Å²) < 4.78 is 27.4. The van der Waals surface area contributed by atoms with Crippen LogP contribution in [-0.4, -0.2) is 57.5 Å². The summed E-state index contributed by atoms with van der Waals surface area (Å²) in [5, 5.41) is 16.0. The number of hydrogen-bond acceptors (Lipinski definition) is 6. The first-order valence-electron chi connectivity index (χ1n) is 12.7. The van der Waals surface area contributed by atoms with E-state index in [1.54, 1.807) is 12.1 Å². The zero-order valence-electron chi connectivity index (χ0n) is 21.5. The lowest BCUT2D eigenvalue weighted by Gasteiger charge is -2.35. The van der Waals surface area contributed by atoms with Crippen molar-refractivity contribution >= 4 is 17.5 Å². The number of β-amino-alcohol motifs (C(OH)–C–C–N with tert-alkyl or cyclic N) is 1. The van der Waals surface area contributed by atoms with Crippen LogP contribution in [0.5, 0.6) is 0 Å². The number of anilines is 1. The van der Waals surface area contributed by atoms with Gasteiger partial charge < -0.3 is 15.7 Å². The van der Waals surface area contributed by atoms with E-state index in [0.717, 1.165) is 5.56 Å². The van der Waals surface area contributed by atoms with Gasteiger partial charge in [0.2, 0.25) is 17.7 Å². The molecule has 3 atom stereocenters. The zero-order valence-corrected chi connectivity index (χ0v) is 21.5. The molecule has 2 fully saturated rings. The van der Waals surface area contributed by atoms with Crippen molar-refractivity contribution in [3.8, 4) is 0 Å². The third kappa shape index (κ3) is 6.48. The average Bonchev–Trinajstić information content (AvgIpc) is 3.29. The lowest BCUT2D eigenvalue weighted by molar-refractivity contribution is -0.128. The molecule has 0 bridgehead atoms. The number of aliphatic hydroxyl groups excluding tert-OH is 1. The average molecular weight is 516 g/mol. The molecule has 1 aliphatic carbocycles. The van der Waals surface area contributed by atoms with E-state index in [1.165, 1.54) is 23.5 Å². The molecular formula is C27H35F2N5O3. The van der Waals surface area contributed by atoms with Crippen molar-refractivity contribution in [1.29, 1.82) is 0 Å². The zero-order chi connectivity index (χ0) is 26.8. The first-order chi connectivity index (χ1) is 17.4. The molecule has 3 N–H and O–H groups in total. The Hall–Kier alpha value is -2.98. The van der Waals surface area contributed by atoms with Crippen molar-refractivity contribution in [2.75, 3.05) is 11.4 Å². The molecule has 4 rings (SSSR count). The molecular weight excluding hydrogens is 480 g/mol. The van der Waals surface area contributed by atoms with Crippen molar-refractivity contribution < 1.29 is 23.5 Å². The standard InChI is InChI=1S/C27H35F2N5O3/c1-26(2,3)17-4-6-19(7-5-17)34(25(37)21-14-20(35)15-32-21)23(22-16-30-12-13-31-22)24(36)33-18-8-10-27(28,29)11-9-18/h4-7,12-13,16,18,20-21,23,32,35H,8-11,14-15H2,1-3H3,(H,33,36). The fourth-order valence-corrected chi connectivity index (χ4v) is 4.90. The lowest BCUT2D eigenvalue weighted by atomic mass is 9.87. The highest BCUT2D eigenvalue weighted by Crippen LogP contribution is 2.35. The predicted molar refractivity (Wildman–Crippen MR) is 135 cm³/mol. The third-order valence-electron chi connectivity index (χ3n) is 7.09. The van der Waals surface area contributed by atoms with E-state index in [1.807, 2.05) is 12.1 Å². The molecule has 3 unspecified atom stereocenters. The molecule has 1 saturated heterocycles. The summed E-state index contributed by atoms with van der Waals surface area (Å²) in [4.78, 5) is 37.5. The van der Waals surface area contributed by atoms with Gasteiger partial charge in [0, 0.05) is 43.5 Å². The summed E-state index contributed by atoms with van der Waals surface area (Å²) in [6.45, 7) is 6.51. The topological polar surface area (TPSA) is 107 Å². The van der Waals surface area contributed by atoms with Gasteiger partial charge in [0.25, 0.3) is 0 Å². The molecule has 1 aliphatic heterocycles. The van der Waals surface area contributed by atoms with Gasteiger partial charge in [-0.25, -0.2) is 8.78 Å². The SMILES string of the molecule is CC(C)(C)c1ccc(N(C(=O)C2CC(O)CN2)C(C(=O)NC2CCC(F)(F)CC2)c2cnccn2)cc1. The predicted octanol–water partition coefficient (Wildman–Crippen LogP) is 3.27. The van der Waals surface area contributed by atoms with Crippen molar-refractivity contribution in [3.05, 3.63) is 54.1 Å². The molecule has 1 aromatic heterocycles. The number of aliphatic hydroxyl groups is 1. The van der Waals surface area contributed by atoms with Gasteiger partial charge >= 0.3 is 0 Å². The number of alkyl halides is 2. The molecule has 200 valence electrons. The number of aromatic nitrogens is 2. The Morgan fingerprint density at radius 1 is 1.16 bits per heavy atom. The maximum atomic E-state index is 13.9. The van der Waals surface area contributed by atoms with Crippen LogP contribution in [0.1, 0.15) is 70.2 Å². The van der Waals surface area contributed by atoms with Gasteiger partial charge in [-0.3, -0.25) is 24.5 Å². The molecule has 2 heterocycles. The number of amides is 2. The van der Waals surface area contributed by atoms with E-state index < -0.39 is 36.1 Å². The van der Waals surface area contributed by atoms with Crippen LogP contribution in [-0.2, 0) is 15.0 Å². The van der Waals surface area contributed by atoms with Gasteiger partial charge in [-0.1, -0.05) is 32.9 Å². The van der Waals surface area contributed by atoms with Crippen LogP contribution in [0.3, 0.4) is 0 Å². The highest BCUT2D eigenvalue weighted by molar-refractivity contribution is 6.03. The minimum absolute atomic E-state index is 0.116. The van der Waals surface area contributed by atoms with Crippen LogP contribution >= 0.6 is 0 Å². The molecule has 1 saturated carbocycles. The van der Waals surface area contributed by atoms with Gasteiger partial charge in [0.05, 0.1) is 24.0 Å². The number of hydrogen-bond donors (Lipinski definition) is 3. The maximum Gasteiger partial charge on any atom is 0.249 e. The molecule has 0 radical (unpaired) electrons. The molecule has 2 amide bonds. The van der Waals surface area contributed by atoms with E-state index in [4.69, 9.17) is 0 Å². The molecule has 1 aromatic carbocycles. The minimum atomic E-state index is -2.72. The number of rotatable bonds is 6. The fourth-order valence-electron chi connectivity index (χ4n) is 4.90. The van der Waals surface area contributed by atoms with E-state index in [-0.39, 0.29) is 55.7 Å². The van der Waals surface area contributed by atoms with E-state index in [9.17, 15) is 23.5 Å². The van der Waals surface area contributed by atoms with Gasteiger partial charge in [0.15, 0.2) is 6.04 Å². The van der Waals surface area contributed by atoms with Crippen LogP contribution in [0.25, 0.3) is 0 Å². The first kappa shape index (κ1) is 27.1. The maximum absolute atomic E-state index is 13.9. The Labute approximate surface area is 215 Å². The lowest BCUT2D eigenvalue weighted by Crippen LogP contribution is -2.52. The summed E-state index contributed by atoms with van der Waals surface area (Å²) in [6, 6.07) is 5.12. The van der Waals surface area contributed by atoms with Crippen molar-refractivity contribution in [1.82, 2.24) is 20.6 Å². The number of halogens is 2. The summed E-state index contributed by atoms with van der Waals surface area (Å²) in [5.74, 6) is -3.62. The number of benzene rings is 1. The van der Waals surface area contributed by atoms with Crippen molar-refractivity contribution in [3.63, 3.8) is 0 Å². The second-order valence-electron chi connectivity index (χ2n) is 11.0. The summed E-state index contributed by atoms with van der Waals surface area (Å²) in [6.07, 6.45) is 3.59. The number of carbonyl (C=O) groups excluding carboxylic acids is 2. The van der Waals surface area contributed by atoms with Crippen LogP contribution < -0.4 is 15.5 Å². The van der Waals surface area contributed by atoms with Crippen LogP contribution in [0.4, 0.5) is 14.5 Å².